The van der Waals surface area contributed by atoms with E-state index in [0.717, 1.165) is 17.1 Å². The number of amides is 1. The van der Waals surface area contributed by atoms with Crippen LogP contribution in [-0.2, 0) is 11.2 Å². The molecule has 0 aliphatic carbocycles. The summed E-state index contributed by atoms with van der Waals surface area (Å²) in [4.78, 5) is 13.3. The van der Waals surface area contributed by atoms with Crippen LogP contribution in [0.1, 0.15) is 24.4 Å². The van der Waals surface area contributed by atoms with E-state index in [2.05, 4.69) is 20.9 Å². The number of nitrogens with one attached hydrogen (secondary N) is 2. The van der Waals surface area contributed by atoms with E-state index in [9.17, 15) is 4.79 Å². The molecule has 1 aliphatic rings. The molecule has 0 saturated carbocycles. The molecule has 162 valence electrons. The van der Waals surface area contributed by atoms with Crippen molar-refractivity contribution in [1.29, 1.82) is 0 Å². The summed E-state index contributed by atoms with van der Waals surface area (Å²) in [5.41, 5.74) is 4.94. The fraction of sp³-hybridized carbons (Fsp3) is 0.286. The second kappa shape index (κ2) is 9.07. The number of nitrogens with zero attached hydrogens (tertiary/aromatic N) is 3. The number of rotatable bonds is 6. The minimum Gasteiger partial charge on any atom is -0.497 e. The number of aryl methyl sites for hydroxylation is 1. The molecule has 8 nitrogen and oxygen atoms in total. The minimum atomic E-state index is -0.507. The monoisotopic (exact) mass is 459 g/mol. The predicted molar refractivity (Wildman–Crippen MR) is 121 cm³/mol. The van der Waals surface area contributed by atoms with Gasteiger partial charge in [-0.25, -0.2) is 4.68 Å². The van der Waals surface area contributed by atoms with Crippen LogP contribution in [0.5, 0.6) is 11.5 Å². The molecule has 0 bridgehead atoms. The van der Waals surface area contributed by atoms with Gasteiger partial charge in [-0.1, -0.05) is 36.4 Å². The third kappa shape index (κ3) is 4.28. The van der Waals surface area contributed by atoms with Gasteiger partial charge in [0.2, 0.25) is 11.1 Å². The Morgan fingerprint density at radius 2 is 1.97 bits per heavy atom. The molecule has 0 saturated heterocycles. The number of carbonyl (C=O) groups excluding carboxylic acids is 1. The average molecular weight is 460 g/mol. The summed E-state index contributed by atoms with van der Waals surface area (Å²) >= 11 is 7.73. The summed E-state index contributed by atoms with van der Waals surface area (Å²) in [7, 11) is 3.17. The average Bonchev–Trinajstić information content (AvgIpc) is 3.20. The fourth-order valence-corrected chi connectivity index (χ4v) is 4.71. The van der Waals surface area contributed by atoms with Crippen LogP contribution in [0.15, 0.2) is 47.6 Å². The van der Waals surface area contributed by atoms with Crippen molar-refractivity contribution in [3.05, 3.63) is 58.9 Å². The number of fused-ring (bicyclic) bond motifs is 1. The highest BCUT2D eigenvalue weighted by Crippen LogP contribution is 2.39. The van der Waals surface area contributed by atoms with E-state index in [1.54, 1.807) is 44.6 Å². The van der Waals surface area contributed by atoms with Crippen molar-refractivity contribution in [3.8, 4) is 11.5 Å². The van der Waals surface area contributed by atoms with Crippen molar-refractivity contribution in [2.75, 3.05) is 25.0 Å². The number of anilines is 1. The van der Waals surface area contributed by atoms with Crippen molar-refractivity contribution in [3.63, 3.8) is 0 Å². The molecule has 2 heterocycles. The zero-order valence-electron chi connectivity index (χ0n) is 17.3. The second-order valence-corrected chi connectivity index (χ2v) is 8.36. The molecule has 0 spiro atoms. The van der Waals surface area contributed by atoms with Crippen molar-refractivity contribution in [2.24, 2.45) is 0 Å². The molecule has 3 aromatic rings. The van der Waals surface area contributed by atoms with Crippen LogP contribution in [0.25, 0.3) is 0 Å². The molecule has 2 aromatic carbocycles. The lowest BCUT2D eigenvalue weighted by Crippen LogP contribution is -2.41. The SMILES string of the molecule is CCc1nnc2n1N[C@H](c1ccc(OC)c(Cl)c1)[C@H](C(=O)Nc1ccc(OC)cc1)S2. The molecule has 0 radical (unpaired) electrons. The highest BCUT2D eigenvalue weighted by molar-refractivity contribution is 8.00. The van der Waals surface area contributed by atoms with Gasteiger partial charge in [0.25, 0.3) is 0 Å². The summed E-state index contributed by atoms with van der Waals surface area (Å²) in [6, 6.07) is 12.3. The quantitative estimate of drug-likeness (QED) is 0.577. The molecule has 10 heteroatoms. The third-order valence-electron chi connectivity index (χ3n) is 4.97. The maximum absolute atomic E-state index is 13.3. The molecule has 2 atom stereocenters. The molecule has 0 fully saturated rings. The van der Waals surface area contributed by atoms with Crippen molar-refractivity contribution in [2.45, 2.75) is 29.8 Å². The molecule has 1 amide bonds. The number of thioether (sulfide) groups is 1. The number of halogens is 1. The zero-order chi connectivity index (χ0) is 22.0. The highest BCUT2D eigenvalue weighted by Gasteiger charge is 2.38. The van der Waals surface area contributed by atoms with Crippen LogP contribution in [0.3, 0.4) is 0 Å². The second-order valence-electron chi connectivity index (χ2n) is 6.84. The lowest BCUT2D eigenvalue weighted by atomic mass is 10.0. The Morgan fingerprint density at radius 3 is 2.61 bits per heavy atom. The molecule has 1 aromatic heterocycles. The van der Waals surface area contributed by atoms with E-state index in [4.69, 9.17) is 21.1 Å². The summed E-state index contributed by atoms with van der Waals surface area (Å²) in [6.45, 7) is 2.01. The van der Waals surface area contributed by atoms with E-state index >= 15 is 0 Å². The number of aromatic nitrogens is 3. The molecule has 1 aliphatic heterocycles. The zero-order valence-corrected chi connectivity index (χ0v) is 18.8. The fourth-order valence-electron chi connectivity index (χ4n) is 3.34. The molecule has 0 unspecified atom stereocenters. The van der Waals surface area contributed by atoms with Crippen LogP contribution in [0.4, 0.5) is 5.69 Å². The van der Waals surface area contributed by atoms with Gasteiger partial charge in [0.15, 0.2) is 5.82 Å². The number of methoxy groups -OCH3 is 2. The van der Waals surface area contributed by atoms with Crippen LogP contribution in [-0.4, -0.2) is 40.3 Å². The summed E-state index contributed by atoms with van der Waals surface area (Å²) in [5.74, 6) is 1.93. The Labute approximate surface area is 189 Å². The van der Waals surface area contributed by atoms with Crippen molar-refractivity contribution in [1.82, 2.24) is 14.9 Å². The Hall–Kier alpha value is -2.91. The normalized spacial score (nSPS) is 17.4. The van der Waals surface area contributed by atoms with Crippen molar-refractivity contribution >= 4 is 35.0 Å². The van der Waals surface area contributed by atoms with Gasteiger partial charge >= 0.3 is 0 Å². The van der Waals surface area contributed by atoms with Gasteiger partial charge in [-0.15, -0.1) is 10.2 Å². The van der Waals surface area contributed by atoms with E-state index in [1.165, 1.54) is 11.8 Å². The summed E-state index contributed by atoms with van der Waals surface area (Å²) < 4.78 is 12.3. The van der Waals surface area contributed by atoms with Gasteiger partial charge in [-0.2, -0.15) is 0 Å². The maximum atomic E-state index is 13.3. The smallest absolute Gasteiger partial charge is 0.240 e. The first-order valence-corrected chi connectivity index (χ1v) is 11.0. The molecule has 2 N–H and O–H groups in total. The van der Waals surface area contributed by atoms with Crippen LogP contribution in [0, 0.1) is 0 Å². The first-order chi connectivity index (χ1) is 15.0. The lowest BCUT2D eigenvalue weighted by molar-refractivity contribution is -0.116. The summed E-state index contributed by atoms with van der Waals surface area (Å²) in [6.07, 6.45) is 0.708. The number of ether oxygens (including phenoxy) is 2. The number of hydrogen-bond donors (Lipinski definition) is 2. The van der Waals surface area contributed by atoms with Gasteiger partial charge in [0.1, 0.15) is 16.7 Å². The first kappa shape index (κ1) is 21.3. The largest absolute Gasteiger partial charge is 0.497 e. The van der Waals surface area contributed by atoms with Crippen LogP contribution >= 0.6 is 23.4 Å². The van der Waals surface area contributed by atoms with E-state index in [1.807, 2.05) is 23.7 Å². The Morgan fingerprint density at radius 1 is 1.19 bits per heavy atom. The van der Waals surface area contributed by atoms with Gasteiger partial charge in [0.05, 0.1) is 25.3 Å². The number of carbonyl (C=O) groups is 1. The molecule has 4 rings (SSSR count). The number of benzene rings is 2. The van der Waals surface area contributed by atoms with Crippen molar-refractivity contribution < 1.29 is 14.3 Å². The Kier molecular flexibility index (Phi) is 6.24. The first-order valence-electron chi connectivity index (χ1n) is 9.70. The topological polar surface area (TPSA) is 90.3 Å². The van der Waals surface area contributed by atoms with Gasteiger partial charge in [-0.3, -0.25) is 4.79 Å². The van der Waals surface area contributed by atoms with Gasteiger partial charge in [-0.05, 0) is 42.0 Å². The Bertz CT molecular complexity index is 1090. The molecular weight excluding hydrogens is 438 g/mol. The van der Waals surface area contributed by atoms with Crippen LogP contribution in [0.2, 0.25) is 5.02 Å². The predicted octanol–water partition coefficient (Wildman–Crippen LogP) is 3.91. The van der Waals surface area contributed by atoms with E-state index in [0.29, 0.717) is 28.0 Å². The third-order valence-corrected chi connectivity index (χ3v) is 6.48. The van der Waals surface area contributed by atoms with Gasteiger partial charge in [0, 0.05) is 12.1 Å². The molecular formula is C21H22ClN5O3S. The lowest BCUT2D eigenvalue weighted by Gasteiger charge is -2.33. The van der Waals surface area contributed by atoms with E-state index < -0.39 is 5.25 Å². The minimum absolute atomic E-state index is 0.160. The number of hydrogen-bond acceptors (Lipinski definition) is 7. The van der Waals surface area contributed by atoms with E-state index in [-0.39, 0.29) is 11.9 Å². The highest BCUT2D eigenvalue weighted by atomic mass is 35.5. The maximum Gasteiger partial charge on any atom is 0.240 e. The van der Waals surface area contributed by atoms with Crippen LogP contribution < -0.4 is 20.2 Å². The summed E-state index contributed by atoms with van der Waals surface area (Å²) in [5, 5.41) is 12.1. The standard InChI is InChI=1S/C21H22ClN5O3S/c1-4-17-24-25-21-27(17)26-18(12-5-10-16(30-3)15(22)11-12)19(31-21)20(28)23-13-6-8-14(29-2)9-7-13/h5-11,18-19,26H,4H2,1-3H3,(H,23,28)/t18-,19-/m1/s1. The molecule has 31 heavy (non-hydrogen) atoms. The Balaban J connectivity index is 1.66. The van der Waals surface area contributed by atoms with Gasteiger partial charge < -0.3 is 20.2 Å².